The van der Waals surface area contributed by atoms with Crippen molar-refractivity contribution in [2.45, 2.75) is 58.4 Å². The molecule has 1 saturated heterocycles. The molecule has 1 fully saturated rings. The highest BCUT2D eigenvalue weighted by molar-refractivity contribution is 5.77. The molecule has 0 aromatic heterocycles. The smallest absolute Gasteiger partial charge is 0.220 e. The van der Waals surface area contributed by atoms with Crippen LogP contribution in [0.25, 0.3) is 0 Å². The Morgan fingerprint density at radius 3 is 2.39 bits per heavy atom. The quantitative estimate of drug-likeness (QED) is 0.928. The Hall–Kier alpha value is -1.84. The first kappa shape index (κ1) is 17.5. The Morgan fingerprint density at radius 2 is 1.87 bits per heavy atom. The molecular formula is C19H28N2O2. The maximum atomic E-state index is 12.1. The van der Waals surface area contributed by atoms with Crippen molar-refractivity contribution in [2.24, 2.45) is 0 Å². The molecule has 1 unspecified atom stereocenters. The summed E-state index contributed by atoms with van der Waals surface area (Å²) in [7, 11) is 0. The molecular weight excluding hydrogens is 288 g/mol. The molecule has 2 rings (SSSR count). The second-order valence-corrected chi connectivity index (χ2v) is 7.47. The minimum atomic E-state index is 0.0697. The number of likely N-dealkylation sites (tertiary alicyclic amines) is 1. The summed E-state index contributed by atoms with van der Waals surface area (Å²) in [5.41, 5.74) is 2.65. The van der Waals surface area contributed by atoms with Crippen molar-refractivity contribution in [3.63, 3.8) is 0 Å². The van der Waals surface area contributed by atoms with Crippen LogP contribution in [-0.4, -0.2) is 35.8 Å². The lowest BCUT2D eigenvalue weighted by Gasteiger charge is -2.19. The van der Waals surface area contributed by atoms with Gasteiger partial charge in [-0.3, -0.25) is 9.59 Å². The predicted molar refractivity (Wildman–Crippen MR) is 92.3 cm³/mol. The van der Waals surface area contributed by atoms with Gasteiger partial charge in [-0.25, -0.2) is 0 Å². The van der Waals surface area contributed by atoms with Gasteiger partial charge < -0.3 is 10.2 Å². The van der Waals surface area contributed by atoms with Gasteiger partial charge in [0.05, 0.1) is 0 Å². The maximum absolute atomic E-state index is 12.1. The molecule has 23 heavy (non-hydrogen) atoms. The van der Waals surface area contributed by atoms with Gasteiger partial charge in [0.2, 0.25) is 11.8 Å². The Morgan fingerprint density at radius 1 is 1.22 bits per heavy atom. The Bertz CT molecular complexity index is 558. The molecule has 1 aromatic rings. The SMILES string of the molecule is CC(=O)N1CCC(NC(=O)CCc2ccc(C(C)(C)C)cc2)C1. The molecule has 1 N–H and O–H groups in total. The van der Waals surface area contributed by atoms with Crippen LogP contribution in [0.5, 0.6) is 0 Å². The lowest BCUT2D eigenvalue weighted by Crippen LogP contribution is -2.38. The molecule has 126 valence electrons. The van der Waals surface area contributed by atoms with E-state index in [1.165, 1.54) is 11.1 Å². The van der Waals surface area contributed by atoms with E-state index < -0.39 is 0 Å². The lowest BCUT2D eigenvalue weighted by atomic mass is 9.86. The van der Waals surface area contributed by atoms with E-state index in [0.717, 1.165) is 19.4 Å². The third-order valence-corrected chi connectivity index (χ3v) is 4.46. The number of carbonyl (C=O) groups excluding carboxylic acids is 2. The van der Waals surface area contributed by atoms with Crippen molar-refractivity contribution in [3.8, 4) is 0 Å². The number of carbonyl (C=O) groups is 2. The van der Waals surface area contributed by atoms with E-state index in [2.05, 4.69) is 50.4 Å². The highest BCUT2D eigenvalue weighted by Gasteiger charge is 2.25. The molecule has 0 spiro atoms. The van der Waals surface area contributed by atoms with Gasteiger partial charge in [-0.1, -0.05) is 45.0 Å². The lowest BCUT2D eigenvalue weighted by molar-refractivity contribution is -0.128. The van der Waals surface area contributed by atoms with Crippen molar-refractivity contribution in [3.05, 3.63) is 35.4 Å². The summed E-state index contributed by atoms with van der Waals surface area (Å²) < 4.78 is 0. The average Bonchev–Trinajstić information content (AvgIpc) is 2.93. The van der Waals surface area contributed by atoms with Crippen molar-refractivity contribution in [1.29, 1.82) is 0 Å². The van der Waals surface area contributed by atoms with Gasteiger partial charge in [0, 0.05) is 32.5 Å². The summed E-state index contributed by atoms with van der Waals surface area (Å²) in [6.45, 7) is 9.55. The highest BCUT2D eigenvalue weighted by Crippen LogP contribution is 2.22. The van der Waals surface area contributed by atoms with Crippen LogP contribution in [-0.2, 0) is 21.4 Å². The summed E-state index contributed by atoms with van der Waals surface area (Å²) in [5.74, 6) is 0.154. The van der Waals surface area contributed by atoms with Gasteiger partial charge in [-0.15, -0.1) is 0 Å². The largest absolute Gasteiger partial charge is 0.352 e. The van der Waals surface area contributed by atoms with Gasteiger partial charge in [0.25, 0.3) is 0 Å². The van der Waals surface area contributed by atoms with Crippen LogP contribution in [0.1, 0.15) is 51.7 Å². The van der Waals surface area contributed by atoms with Crippen LogP contribution in [0.15, 0.2) is 24.3 Å². The molecule has 1 heterocycles. The van der Waals surface area contributed by atoms with Crippen LogP contribution >= 0.6 is 0 Å². The fraction of sp³-hybridized carbons (Fsp3) is 0.579. The Balaban J connectivity index is 1.77. The summed E-state index contributed by atoms with van der Waals surface area (Å²) in [6.07, 6.45) is 2.09. The van der Waals surface area contributed by atoms with Gasteiger partial charge in [-0.05, 0) is 29.4 Å². The van der Waals surface area contributed by atoms with E-state index in [1.807, 2.05) is 0 Å². The predicted octanol–water partition coefficient (Wildman–Crippen LogP) is 2.65. The maximum Gasteiger partial charge on any atom is 0.220 e. The van der Waals surface area contributed by atoms with E-state index in [9.17, 15) is 9.59 Å². The van der Waals surface area contributed by atoms with E-state index >= 15 is 0 Å². The Kier molecular flexibility index (Phi) is 5.45. The Labute approximate surface area is 139 Å². The van der Waals surface area contributed by atoms with Crippen molar-refractivity contribution >= 4 is 11.8 Å². The zero-order chi connectivity index (χ0) is 17.0. The fourth-order valence-electron chi connectivity index (χ4n) is 2.89. The summed E-state index contributed by atoms with van der Waals surface area (Å²) in [6, 6.07) is 8.63. The second kappa shape index (κ2) is 7.16. The summed E-state index contributed by atoms with van der Waals surface area (Å²) in [5, 5.41) is 3.04. The third-order valence-electron chi connectivity index (χ3n) is 4.46. The number of nitrogens with one attached hydrogen (secondary N) is 1. The number of hydrogen-bond donors (Lipinski definition) is 1. The van der Waals surface area contributed by atoms with Crippen LogP contribution in [0, 0.1) is 0 Å². The highest BCUT2D eigenvalue weighted by atomic mass is 16.2. The number of hydrogen-bond acceptors (Lipinski definition) is 2. The van der Waals surface area contributed by atoms with Gasteiger partial charge in [0.15, 0.2) is 0 Å². The van der Waals surface area contributed by atoms with Gasteiger partial charge >= 0.3 is 0 Å². The number of amides is 2. The van der Waals surface area contributed by atoms with E-state index in [4.69, 9.17) is 0 Å². The van der Waals surface area contributed by atoms with Gasteiger partial charge in [0.1, 0.15) is 0 Å². The average molecular weight is 316 g/mol. The summed E-state index contributed by atoms with van der Waals surface area (Å²) in [4.78, 5) is 25.1. The minimum Gasteiger partial charge on any atom is -0.352 e. The number of rotatable bonds is 4. The first-order valence-electron chi connectivity index (χ1n) is 8.40. The van der Waals surface area contributed by atoms with E-state index in [-0.39, 0.29) is 23.3 Å². The first-order valence-corrected chi connectivity index (χ1v) is 8.40. The molecule has 4 nitrogen and oxygen atoms in total. The molecule has 0 radical (unpaired) electrons. The molecule has 2 amide bonds. The molecule has 1 aromatic carbocycles. The zero-order valence-electron chi connectivity index (χ0n) is 14.7. The van der Waals surface area contributed by atoms with Gasteiger partial charge in [-0.2, -0.15) is 0 Å². The number of nitrogens with zero attached hydrogens (tertiary/aromatic N) is 1. The second-order valence-electron chi connectivity index (χ2n) is 7.47. The fourth-order valence-corrected chi connectivity index (χ4v) is 2.89. The van der Waals surface area contributed by atoms with Crippen LogP contribution in [0.3, 0.4) is 0 Å². The molecule has 0 saturated carbocycles. The molecule has 1 aliphatic rings. The van der Waals surface area contributed by atoms with Crippen LogP contribution in [0.4, 0.5) is 0 Å². The third kappa shape index (κ3) is 5.08. The van der Waals surface area contributed by atoms with E-state index in [1.54, 1.807) is 11.8 Å². The van der Waals surface area contributed by atoms with E-state index in [0.29, 0.717) is 13.0 Å². The van der Waals surface area contributed by atoms with Crippen LogP contribution in [0.2, 0.25) is 0 Å². The molecule has 1 aliphatic heterocycles. The normalized spacial score (nSPS) is 18.1. The molecule has 0 aliphatic carbocycles. The molecule has 1 atom stereocenters. The van der Waals surface area contributed by atoms with Crippen molar-refractivity contribution in [2.75, 3.05) is 13.1 Å². The number of benzene rings is 1. The van der Waals surface area contributed by atoms with Crippen molar-refractivity contribution < 1.29 is 9.59 Å². The monoisotopic (exact) mass is 316 g/mol. The zero-order valence-corrected chi connectivity index (χ0v) is 14.7. The minimum absolute atomic E-state index is 0.0697. The van der Waals surface area contributed by atoms with Crippen LogP contribution < -0.4 is 5.32 Å². The first-order chi connectivity index (χ1) is 10.8. The molecule has 0 bridgehead atoms. The molecule has 4 heteroatoms. The topological polar surface area (TPSA) is 49.4 Å². The number of aryl methyl sites for hydroxylation is 1. The van der Waals surface area contributed by atoms with Crippen molar-refractivity contribution in [1.82, 2.24) is 10.2 Å². The summed E-state index contributed by atoms with van der Waals surface area (Å²) >= 11 is 0. The standard InChI is InChI=1S/C19H28N2O2/c1-14(22)21-12-11-17(13-21)20-18(23)10-7-15-5-8-16(9-6-15)19(2,3)4/h5-6,8-9,17H,7,10-13H2,1-4H3,(H,20,23).